The Hall–Kier alpha value is -2.34. The second-order valence-electron chi connectivity index (χ2n) is 4.37. The number of thioether (sulfide) groups is 1. The Balaban J connectivity index is 2.19. The largest absolute Gasteiger partial charge is 0.478 e. The van der Waals surface area contributed by atoms with Gasteiger partial charge in [0.25, 0.3) is 5.91 Å². The number of anilines is 1. The van der Waals surface area contributed by atoms with Crippen LogP contribution in [0.15, 0.2) is 41.4 Å². The van der Waals surface area contributed by atoms with Crippen molar-refractivity contribution in [1.29, 1.82) is 0 Å². The van der Waals surface area contributed by atoms with Gasteiger partial charge in [-0.1, -0.05) is 6.07 Å². The van der Waals surface area contributed by atoms with Gasteiger partial charge >= 0.3 is 5.97 Å². The van der Waals surface area contributed by atoms with Crippen molar-refractivity contribution in [1.82, 2.24) is 4.98 Å². The molecule has 0 fully saturated rings. The molecule has 1 heterocycles. The molecule has 0 atom stereocenters. The molecular formula is C15H14N2O3S. The van der Waals surface area contributed by atoms with E-state index in [0.29, 0.717) is 11.4 Å². The van der Waals surface area contributed by atoms with Gasteiger partial charge in [0.05, 0.1) is 5.56 Å². The Bertz CT molecular complexity index is 684. The van der Waals surface area contributed by atoms with E-state index in [0.717, 1.165) is 10.5 Å². The van der Waals surface area contributed by atoms with Gasteiger partial charge in [0.1, 0.15) is 5.82 Å². The first-order valence-corrected chi connectivity index (χ1v) is 7.39. The summed E-state index contributed by atoms with van der Waals surface area (Å²) in [4.78, 5) is 27.9. The molecule has 0 aliphatic rings. The molecule has 0 radical (unpaired) electrons. The second-order valence-corrected chi connectivity index (χ2v) is 5.25. The standard InChI is InChI=1S/C15H14N2O3S/c1-9-3-5-11(21-2)7-12(9)14(18)17-13-6-4-10(8-16-13)15(19)20/h3-8H,1-2H3,(H,19,20)(H,16,17,18). The van der Waals surface area contributed by atoms with Crippen LogP contribution in [0.3, 0.4) is 0 Å². The predicted octanol–water partition coefficient (Wildman–Crippen LogP) is 3.06. The summed E-state index contributed by atoms with van der Waals surface area (Å²) < 4.78 is 0. The molecule has 0 spiro atoms. The molecule has 1 aromatic carbocycles. The molecule has 1 amide bonds. The van der Waals surface area contributed by atoms with Crippen molar-refractivity contribution in [2.24, 2.45) is 0 Å². The van der Waals surface area contributed by atoms with E-state index in [1.807, 2.05) is 31.4 Å². The zero-order valence-electron chi connectivity index (χ0n) is 11.6. The van der Waals surface area contributed by atoms with Gasteiger partial charge < -0.3 is 10.4 Å². The van der Waals surface area contributed by atoms with Gasteiger partial charge in [-0.15, -0.1) is 11.8 Å². The minimum Gasteiger partial charge on any atom is -0.478 e. The molecule has 2 N–H and O–H groups in total. The molecule has 0 aliphatic heterocycles. The number of nitrogens with zero attached hydrogens (tertiary/aromatic N) is 1. The number of aryl methyl sites for hydroxylation is 1. The van der Waals surface area contributed by atoms with Gasteiger partial charge in [0.2, 0.25) is 0 Å². The maximum atomic E-state index is 12.2. The van der Waals surface area contributed by atoms with E-state index in [2.05, 4.69) is 10.3 Å². The molecule has 2 rings (SSSR count). The summed E-state index contributed by atoms with van der Waals surface area (Å²) >= 11 is 1.56. The lowest BCUT2D eigenvalue weighted by Crippen LogP contribution is -2.14. The van der Waals surface area contributed by atoms with Crippen LogP contribution in [0.1, 0.15) is 26.3 Å². The average Bonchev–Trinajstić information content (AvgIpc) is 2.48. The first-order chi connectivity index (χ1) is 10.0. The summed E-state index contributed by atoms with van der Waals surface area (Å²) in [6.45, 7) is 1.86. The fourth-order valence-electron chi connectivity index (χ4n) is 1.75. The number of carboxylic acid groups (broad SMARTS) is 1. The molecular weight excluding hydrogens is 288 g/mol. The molecule has 0 unspecified atom stereocenters. The fraction of sp³-hybridized carbons (Fsp3) is 0.133. The molecule has 0 aliphatic carbocycles. The third-order valence-electron chi connectivity index (χ3n) is 2.94. The van der Waals surface area contributed by atoms with E-state index in [1.54, 1.807) is 11.8 Å². The normalized spacial score (nSPS) is 10.2. The molecule has 1 aromatic heterocycles. The van der Waals surface area contributed by atoms with Gasteiger partial charge in [0, 0.05) is 16.7 Å². The van der Waals surface area contributed by atoms with Crippen LogP contribution < -0.4 is 5.32 Å². The Kier molecular flexibility index (Phi) is 4.59. The molecule has 6 heteroatoms. The number of carbonyl (C=O) groups excluding carboxylic acids is 1. The van der Waals surface area contributed by atoms with Crippen LogP contribution in [-0.4, -0.2) is 28.2 Å². The Morgan fingerprint density at radius 1 is 1.24 bits per heavy atom. The minimum atomic E-state index is -1.05. The molecule has 0 bridgehead atoms. The van der Waals surface area contributed by atoms with Crippen LogP contribution in [0.5, 0.6) is 0 Å². The van der Waals surface area contributed by atoms with Crippen LogP contribution in [0, 0.1) is 6.92 Å². The van der Waals surface area contributed by atoms with Crippen LogP contribution >= 0.6 is 11.8 Å². The minimum absolute atomic E-state index is 0.0774. The highest BCUT2D eigenvalue weighted by atomic mass is 32.2. The highest BCUT2D eigenvalue weighted by Gasteiger charge is 2.11. The summed E-state index contributed by atoms with van der Waals surface area (Å²) in [6, 6.07) is 8.53. The van der Waals surface area contributed by atoms with E-state index in [-0.39, 0.29) is 11.5 Å². The number of carbonyl (C=O) groups is 2. The first-order valence-electron chi connectivity index (χ1n) is 6.16. The van der Waals surface area contributed by atoms with E-state index >= 15 is 0 Å². The van der Waals surface area contributed by atoms with Gasteiger partial charge in [-0.05, 0) is 43.0 Å². The van der Waals surface area contributed by atoms with Crippen molar-refractivity contribution in [2.75, 3.05) is 11.6 Å². The topological polar surface area (TPSA) is 79.3 Å². The quantitative estimate of drug-likeness (QED) is 0.849. The average molecular weight is 302 g/mol. The Morgan fingerprint density at radius 2 is 2.00 bits per heavy atom. The number of hydrogen-bond acceptors (Lipinski definition) is 4. The number of aromatic nitrogens is 1. The lowest BCUT2D eigenvalue weighted by atomic mass is 10.1. The molecule has 0 saturated heterocycles. The van der Waals surface area contributed by atoms with Gasteiger partial charge in [0.15, 0.2) is 0 Å². The number of carboxylic acids is 1. The summed E-state index contributed by atoms with van der Waals surface area (Å²) in [5.41, 5.74) is 1.52. The molecule has 0 saturated carbocycles. The number of hydrogen-bond donors (Lipinski definition) is 2. The maximum absolute atomic E-state index is 12.2. The number of rotatable bonds is 4. The third kappa shape index (κ3) is 3.61. The molecule has 108 valence electrons. The number of aromatic carboxylic acids is 1. The number of amides is 1. The lowest BCUT2D eigenvalue weighted by Gasteiger charge is -2.08. The molecule has 21 heavy (non-hydrogen) atoms. The van der Waals surface area contributed by atoms with E-state index in [4.69, 9.17) is 5.11 Å². The smallest absolute Gasteiger partial charge is 0.337 e. The zero-order valence-corrected chi connectivity index (χ0v) is 12.4. The SMILES string of the molecule is CSc1ccc(C)c(C(=O)Nc2ccc(C(=O)O)cn2)c1. The first kappa shape index (κ1) is 15.1. The van der Waals surface area contributed by atoms with Crippen LogP contribution in [0.25, 0.3) is 0 Å². The highest BCUT2D eigenvalue weighted by molar-refractivity contribution is 7.98. The summed E-state index contributed by atoms with van der Waals surface area (Å²) in [6.07, 6.45) is 3.15. The van der Waals surface area contributed by atoms with Crippen molar-refractivity contribution in [3.05, 3.63) is 53.2 Å². The molecule has 2 aromatic rings. The van der Waals surface area contributed by atoms with Crippen molar-refractivity contribution >= 4 is 29.5 Å². The van der Waals surface area contributed by atoms with Crippen molar-refractivity contribution in [3.63, 3.8) is 0 Å². The van der Waals surface area contributed by atoms with Crippen molar-refractivity contribution < 1.29 is 14.7 Å². The van der Waals surface area contributed by atoms with Crippen LogP contribution in [0.2, 0.25) is 0 Å². The second kappa shape index (κ2) is 6.41. The van der Waals surface area contributed by atoms with Crippen molar-refractivity contribution in [2.45, 2.75) is 11.8 Å². The van der Waals surface area contributed by atoms with Crippen molar-refractivity contribution in [3.8, 4) is 0 Å². The zero-order chi connectivity index (χ0) is 15.4. The van der Waals surface area contributed by atoms with Crippen LogP contribution in [0.4, 0.5) is 5.82 Å². The highest BCUT2D eigenvalue weighted by Crippen LogP contribution is 2.20. The predicted molar refractivity (Wildman–Crippen MR) is 82.1 cm³/mol. The van der Waals surface area contributed by atoms with Gasteiger partial charge in [-0.2, -0.15) is 0 Å². The number of nitrogens with one attached hydrogen (secondary N) is 1. The van der Waals surface area contributed by atoms with Gasteiger partial charge in [-0.25, -0.2) is 9.78 Å². The summed E-state index contributed by atoms with van der Waals surface area (Å²) in [5, 5.41) is 11.5. The maximum Gasteiger partial charge on any atom is 0.337 e. The number of pyridine rings is 1. The van der Waals surface area contributed by atoms with Crippen LogP contribution in [-0.2, 0) is 0 Å². The Labute approximate surface area is 126 Å². The third-order valence-corrected chi connectivity index (χ3v) is 3.67. The fourth-order valence-corrected chi connectivity index (χ4v) is 2.19. The number of benzene rings is 1. The van der Waals surface area contributed by atoms with E-state index < -0.39 is 5.97 Å². The summed E-state index contributed by atoms with van der Waals surface area (Å²) in [5.74, 6) is -0.998. The van der Waals surface area contributed by atoms with Gasteiger partial charge in [-0.3, -0.25) is 4.79 Å². The lowest BCUT2D eigenvalue weighted by molar-refractivity contribution is 0.0696. The molecule has 5 nitrogen and oxygen atoms in total. The summed E-state index contributed by atoms with van der Waals surface area (Å²) in [7, 11) is 0. The monoisotopic (exact) mass is 302 g/mol. The Morgan fingerprint density at radius 3 is 2.57 bits per heavy atom. The van der Waals surface area contributed by atoms with E-state index in [9.17, 15) is 9.59 Å². The van der Waals surface area contributed by atoms with E-state index in [1.165, 1.54) is 18.3 Å².